The molecule has 0 amide bonds. The van der Waals surface area contributed by atoms with E-state index in [-0.39, 0.29) is 38.4 Å². The summed E-state index contributed by atoms with van der Waals surface area (Å²) in [4.78, 5) is 4.71. The van der Waals surface area contributed by atoms with Crippen LogP contribution in [0.1, 0.15) is 59.3 Å². The predicted molar refractivity (Wildman–Crippen MR) is 65.0 cm³/mol. The van der Waals surface area contributed by atoms with Crippen molar-refractivity contribution in [2.75, 3.05) is 19.8 Å². The van der Waals surface area contributed by atoms with E-state index in [1.807, 2.05) is 20.8 Å². The summed E-state index contributed by atoms with van der Waals surface area (Å²) in [6, 6.07) is 0. The van der Waals surface area contributed by atoms with Crippen LogP contribution in [0.5, 0.6) is 0 Å². The van der Waals surface area contributed by atoms with E-state index in [0.717, 1.165) is 19.3 Å². The van der Waals surface area contributed by atoms with E-state index in [1.54, 1.807) is 0 Å². The number of rotatable bonds is 13. The Morgan fingerprint density at radius 2 is 1.15 bits per heavy atom. The Morgan fingerprint density at radius 3 is 1.55 bits per heavy atom. The van der Waals surface area contributed by atoms with Crippen LogP contribution in [0.25, 0.3) is 0 Å². The third-order valence-electron chi connectivity index (χ3n) is 2.36. The van der Waals surface area contributed by atoms with Gasteiger partial charge in [0.15, 0.2) is 0 Å². The Balaban J connectivity index is 0. The second-order valence-corrected chi connectivity index (χ2v) is 7.74. The maximum Gasteiger partial charge on any atom is 0 e. The summed E-state index contributed by atoms with van der Waals surface area (Å²) in [5.41, 5.74) is 0. The fourth-order valence-electron chi connectivity index (χ4n) is 1.12. The molecule has 8 heteroatoms. The van der Waals surface area contributed by atoms with Gasteiger partial charge in [0.1, 0.15) is 0 Å². The maximum absolute atomic E-state index is 12.2. The zero-order valence-electron chi connectivity index (χ0n) is 12.7. The van der Waals surface area contributed by atoms with Gasteiger partial charge in [0.2, 0.25) is 0 Å². The smallest absolute Gasteiger partial charge is 0 e. The quantitative estimate of drug-likeness (QED) is 0.281. The van der Waals surface area contributed by atoms with Crippen molar-refractivity contribution in [3.63, 3.8) is 0 Å². The molecular formula is C12H27O6V2. The molecule has 0 bridgehead atoms. The Labute approximate surface area is 135 Å². The fraction of sp³-hybridized carbons (Fsp3) is 1.00. The summed E-state index contributed by atoms with van der Waals surface area (Å²) >= 11 is -6.15. The molecule has 0 aliphatic heterocycles. The van der Waals surface area contributed by atoms with Crippen molar-refractivity contribution in [2.24, 2.45) is 0 Å². The standard InChI is InChI=1S/C4H10O2.2C4H9O.2O.2V/c1-2-3-4-6-5;2*1-2-3-4-5;;;;/h5H,2-4H2,1H3;2*2-4H2,1H3;;;;/q;2*-1;;;;+3/p-1. The molecule has 1 radical (unpaired) electrons. The summed E-state index contributed by atoms with van der Waals surface area (Å²) < 4.78 is 38.7. The minimum Gasteiger partial charge on any atom is 0 e. The Hall–Kier alpha value is 0.609. The van der Waals surface area contributed by atoms with Crippen LogP contribution in [-0.2, 0) is 55.8 Å². The van der Waals surface area contributed by atoms with Gasteiger partial charge in [0.25, 0.3) is 0 Å². The van der Waals surface area contributed by atoms with Crippen LogP contribution in [0.2, 0.25) is 0 Å². The second-order valence-electron chi connectivity index (χ2n) is 4.37. The average Bonchev–Trinajstić information content (AvgIpc) is 2.36. The molecule has 0 aliphatic rings. The third-order valence-corrected chi connectivity index (χ3v) is 4.79. The fourth-order valence-corrected chi connectivity index (χ4v) is 3.09. The van der Waals surface area contributed by atoms with Gasteiger partial charge in [-0.2, -0.15) is 0 Å². The van der Waals surface area contributed by atoms with E-state index in [2.05, 4.69) is 3.81 Å². The summed E-state index contributed by atoms with van der Waals surface area (Å²) in [6.45, 7) is 6.16. The average molecular weight is 369 g/mol. The first-order chi connectivity index (χ1) is 8.96. The minimum absolute atomic E-state index is 0. The number of unbranched alkanes of at least 4 members (excludes halogenated alkanes) is 3. The summed E-state index contributed by atoms with van der Waals surface area (Å²) in [5, 5.41) is 0. The summed E-state index contributed by atoms with van der Waals surface area (Å²) in [5.74, 6) is 0. The number of hydrogen-bond acceptors (Lipinski definition) is 6. The molecule has 0 saturated carbocycles. The molecule has 0 fully saturated rings. The molecule has 0 spiro atoms. The van der Waals surface area contributed by atoms with E-state index in [9.17, 15) is 7.35 Å². The van der Waals surface area contributed by atoms with Crippen molar-refractivity contribution in [3.05, 3.63) is 0 Å². The van der Waals surface area contributed by atoms with Crippen molar-refractivity contribution in [1.82, 2.24) is 0 Å². The monoisotopic (exact) mass is 369 g/mol. The van der Waals surface area contributed by atoms with Crippen molar-refractivity contribution in [2.45, 2.75) is 59.3 Å². The first-order valence-electron chi connectivity index (χ1n) is 7.07. The first kappa shape index (κ1) is 22.9. The van der Waals surface area contributed by atoms with Gasteiger partial charge in [-0.25, -0.2) is 0 Å². The molecule has 0 heterocycles. The predicted octanol–water partition coefficient (Wildman–Crippen LogP) is 3.49. The third kappa shape index (κ3) is 11.3. The Kier molecular flexibility index (Phi) is 13.9. The molecule has 0 aliphatic carbocycles. The largest absolute Gasteiger partial charge is 0 e. The van der Waals surface area contributed by atoms with E-state index in [0.29, 0.717) is 19.3 Å². The van der Waals surface area contributed by atoms with Gasteiger partial charge in [-0.1, -0.05) is 0 Å². The molecule has 0 saturated heterocycles. The van der Waals surface area contributed by atoms with E-state index >= 15 is 0 Å². The number of hydrogen-bond donors (Lipinski definition) is 0. The molecule has 121 valence electrons. The molecule has 0 N–H and O–H groups in total. The van der Waals surface area contributed by atoms with Gasteiger partial charge < -0.3 is 0 Å². The van der Waals surface area contributed by atoms with Crippen LogP contribution in [0.4, 0.5) is 0 Å². The maximum atomic E-state index is 12.2. The molecule has 20 heavy (non-hydrogen) atoms. The van der Waals surface area contributed by atoms with Crippen LogP contribution in [0.15, 0.2) is 0 Å². The van der Waals surface area contributed by atoms with Gasteiger partial charge in [0.05, 0.1) is 0 Å². The van der Waals surface area contributed by atoms with Gasteiger partial charge >= 0.3 is 116 Å². The van der Waals surface area contributed by atoms with Gasteiger partial charge in [-0.05, 0) is 0 Å². The summed E-state index contributed by atoms with van der Waals surface area (Å²) in [7, 11) is 0. The molecular weight excluding hydrogens is 342 g/mol. The van der Waals surface area contributed by atoms with Crippen LogP contribution in [-0.4, -0.2) is 19.8 Å². The van der Waals surface area contributed by atoms with Crippen LogP contribution in [0, 0.1) is 0 Å². The van der Waals surface area contributed by atoms with Crippen LogP contribution in [0.3, 0.4) is 0 Å². The van der Waals surface area contributed by atoms with Gasteiger partial charge in [-0.3, -0.25) is 0 Å². The normalized spacial score (nSPS) is 12.2. The van der Waals surface area contributed by atoms with E-state index < -0.39 is 13.8 Å². The van der Waals surface area contributed by atoms with Crippen molar-refractivity contribution >= 4 is 0 Å². The summed E-state index contributed by atoms with van der Waals surface area (Å²) in [6.07, 6.45) is 4.49. The molecule has 0 unspecified atom stereocenters. The molecule has 0 atom stereocenters. The molecule has 0 aromatic rings. The molecule has 6 nitrogen and oxygen atoms in total. The van der Waals surface area contributed by atoms with Crippen molar-refractivity contribution < 1.29 is 55.8 Å². The Morgan fingerprint density at radius 1 is 0.750 bits per heavy atom. The molecule has 0 rings (SSSR count). The topological polar surface area (TPSA) is 71.1 Å². The van der Waals surface area contributed by atoms with Crippen molar-refractivity contribution in [3.8, 4) is 0 Å². The van der Waals surface area contributed by atoms with Crippen LogP contribution < -0.4 is 0 Å². The zero-order chi connectivity index (χ0) is 14.6. The zero-order valence-corrected chi connectivity index (χ0v) is 15.5. The second kappa shape index (κ2) is 12.2. The van der Waals surface area contributed by atoms with E-state index in [4.69, 9.17) is 12.2 Å². The SMILES string of the molecule is CCCCO[O][V](=[O])(=[O])([O]CCCC)[O]CCCC.[V]. The van der Waals surface area contributed by atoms with Crippen LogP contribution >= 0.6 is 0 Å². The first-order valence-corrected chi connectivity index (χ1v) is 9.92. The minimum atomic E-state index is -6.15. The Bertz CT molecular complexity index is 320. The van der Waals surface area contributed by atoms with Crippen molar-refractivity contribution in [1.29, 1.82) is 0 Å². The van der Waals surface area contributed by atoms with Gasteiger partial charge in [-0.15, -0.1) is 0 Å². The molecule has 0 aromatic heterocycles. The van der Waals surface area contributed by atoms with Gasteiger partial charge in [0, 0.05) is 18.6 Å². The van der Waals surface area contributed by atoms with E-state index in [1.165, 1.54) is 0 Å². The molecule has 0 aromatic carbocycles.